The summed E-state index contributed by atoms with van der Waals surface area (Å²) in [4.78, 5) is 85.8. The molecule has 0 spiro atoms. The Bertz CT molecular complexity index is 1220. The zero-order chi connectivity index (χ0) is 33.4. The van der Waals surface area contributed by atoms with Crippen molar-refractivity contribution in [2.24, 2.45) is 5.92 Å². The predicted molar refractivity (Wildman–Crippen MR) is 163 cm³/mol. The lowest BCUT2D eigenvalue weighted by Crippen LogP contribution is -2.42. The molecule has 1 unspecified atom stereocenters. The molecule has 1 aromatic rings. The van der Waals surface area contributed by atoms with Crippen LogP contribution in [0.3, 0.4) is 0 Å². The Hall–Kier alpha value is -4.19. The number of amides is 3. The van der Waals surface area contributed by atoms with E-state index in [9.17, 15) is 38.7 Å². The number of carbonyl (C=O) groups is 7. The molecule has 2 atom stereocenters. The molecule has 0 radical (unpaired) electrons. The summed E-state index contributed by atoms with van der Waals surface area (Å²) in [6.45, 7) is 5.11. The Labute approximate surface area is 263 Å². The molecule has 1 aromatic carbocycles. The quantitative estimate of drug-likeness (QED) is 0.117. The highest BCUT2D eigenvalue weighted by Crippen LogP contribution is 2.18. The van der Waals surface area contributed by atoms with Crippen molar-refractivity contribution in [3.63, 3.8) is 0 Å². The van der Waals surface area contributed by atoms with Gasteiger partial charge in [-0.2, -0.15) is 0 Å². The SMILES string of the molecule is CC(C)(C)OC(=O)CC(COCC(=O)CCC(=O)N[C@@H](Cc1ccccc1)C(=O)O)CC(=O)CCCCCN1C(=O)C=CC1=O. The van der Waals surface area contributed by atoms with Gasteiger partial charge in [0.15, 0.2) is 5.78 Å². The Morgan fingerprint density at radius 3 is 2.16 bits per heavy atom. The topological polar surface area (TPSA) is 173 Å². The molecule has 0 saturated carbocycles. The van der Waals surface area contributed by atoms with Gasteiger partial charge in [-0.05, 0) is 45.1 Å². The molecule has 0 bridgehead atoms. The minimum Gasteiger partial charge on any atom is -0.480 e. The zero-order valence-corrected chi connectivity index (χ0v) is 26.3. The normalized spacial score (nSPS) is 14.2. The molecular weight excluding hydrogens is 584 g/mol. The number of ether oxygens (including phenoxy) is 2. The van der Waals surface area contributed by atoms with E-state index >= 15 is 0 Å². The van der Waals surface area contributed by atoms with E-state index in [4.69, 9.17) is 9.47 Å². The summed E-state index contributed by atoms with van der Waals surface area (Å²) in [5, 5.41) is 11.9. The standard InChI is InChI=1S/C33H44N2O10/c1-33(2,3)45-31(41)20-24(18-25(36)12-8-5-9-17-35-29(39)15-16-30(35)40)21-44-22-26(37)13-14-28(38)34-27(32(42)43)19-23-10-6-4-7-11-23/h4,6-7,10-11,15-16,24,27H,5,8-9,12-14,17-22H2,1-3H3,(H,34,38)(H,42,43)/t24?,27-/m0/s1. The van der Waals surface area contributed by atoms with Crippen LogP contribution in [0.25, 0.3) is 0 Å². The number of carbonyl (C=O) groups excluding carboxylic acids is 6. The van der Waals surface area contributed by atoms with E-state index in [1.54, 1.807) is 51.1 Å². The number of ketones is 2. The number of imide groups is 1. The van der Waals surface area contributed by atoms with Crippen molar-refractivity contribution in [1.82, 2.24) is 10.2 Å². The summed E-state index contributed by atoms with van der Waals surface area (Å²) in [5.74, 6) is -3.92. The van der Waals surface area contributed by atoms with E-state index in [1.807, 2.05) is 0 Å². The maximum atomic E-state index is 12.7. The number of benzene rings is 1. The highest BCUT2D eigenvalue weighted by atomic mass is 16.6. The van der Waals surface area contributed by atoms with Crippen molar-refractivity contribution in [3.05, 3.63) is 48.0 Å². The number of Topliss-reactive ketones (excluding diaryl/α,β-unsaturated/α-hetero) is 2. The van der Waals surface area contributed by atoms with Crippen LogP contribution >= 0.6 is 0 Å². The maximum Gasteiger partial charge on any atom is 0.326 e. The third kappa shape index (κ3) is 15.4. The Morgan fingerprint density at radius 1 is 0.867 bits per heavy atom. The van der Waals surface area contributed by atoms with E-state index in [2.05, 4.69) is 5.32 Å². The Kier molecular flexibility index (Phi) is 15.3. The van der Waals surface area contributed by atoms with E-state index in [1.165, 1.54) is 12.2 Å². The Balaban J connectivity index is 1.76. The monoisotopic (exact) mass is 628 g/mol. The van der Waals surface area contributed by atoms with Crippen LogP contribution < -0.4 is 5.32 Å². The maximum absolute atomic E-state index is 12.7. The van der Waals surface area contributed by atoms with Crippen LogP contribution in [0.1, 0.15) is 77.7 Å². The smallest absolute Gasteiger partial charge is 0.326 e. The van der Waals surface area contributed by atoms with Crippen molar-refractivity contribution < 1.29 is 48.1 Å². The van der Waals surface area contributed by atoms with Crippen molar-refractivity contribution in [2.45, 2.75) is 90.2 Å². The van der Waals surface area contributed by atoms with Gasteiger partial charge in [0, 0.05) is 50.8 Å². The summed E-state index contributed by atoms with van der Waals surface area (Å²) in [7, 11) is 0. The van der Waals surface area contributed by atoms with Gasteiger partial charge in [0.2, 0.25) is 5.91 Å². The average molecular weight is 629 g/mol. The number of nitrogens with zero attached hydrogens (tertiary/aromatic N) is 1. The minimum atomic E-state index is -1.18. The summed E-state index contributed by atoms with van der Waals surface area (Å²) in [6.07, 6.45) is 4.17. The number of hydrogen-bond acceptors (Lipinski definition) is 9. The first-order chi connectivity index (χ1) is 21.2. The number of nitrogens with one attached hydrogen (secondary N) is 1. The van der Waals surface area contributed by atoms with Gasteiger partial charge in [-0.25, -0.2) is 4.79 Å². The molecule has 12 nitrogen and oxygen atoms in total. The van der Waals surface area contributed by atoms with Crippen molar-refractivity contribution in [3.8, 4) is 0 Å². The van der Waals surface area contributed by atoms with Crippen molar-refractivity contribution in [2.75, 3.05) is 19.8 Å². The number of carboxylic acids is 1. The van der Waals surface area contributed by atoms with Crippen LogP contribution in [-0.2, 0) is 49.5 Å². The predicted octanol–water partition coefficient (Wildman–Crippen LogP) is 2.96. The Morgan fingerprint density at radius 2 is 1.53 bits per heavy atom. The number of carboxylic acid groups (broad SMARTS) is 1. The minimum absolute atomic E-state index is 0.0425. The first-order valence-electron chi connectivity index (χ1n) is 15.2. The van der Waals surface area contributed by atoms with Gasteiger partial charge in [0.05, 0.1) is 13.0 Å². The fraction of sp³-hybridized carbons (Fsp3) is 0.545. The zero-order valence-electron chi connectivity index (χ0n) is 26.3. The second-order valence-electron chi connectivity index (χ2n) is 12.1. The van der Waals surface area contributed by atoms with Crippen molar-refractivity contribution >= 4 is 41.2 Å². The molecule has 3 amide bonds. The molecule has 1 aliphatic rings. The molecule has 0 fully saturated rings. The van der Waals surface area contributed by atoms with Crippen LogP contribution in [0.15, 0.2) is 42.5 Å². The third-order valence-corrected chi connectivity index (χ3v) is 6.79. The first kappa shape index (κ1) is 37.0. The molecule has 246 valence electrons. The number of rotatable bonds is 21. The summed E-state index contributed by atoms with van der Waals surface area (Å²) < 4.78 is 10.9. The van der Waals surface area contributed by atoms with Gasteiger partial charge in [0.25, 0.3) is 11.8 Å². The number of aliphatic carboxylic acids is 1. The lowest BCUT2D eigenvalue weighted by Gasteiger charge is -2.22. The number of hydrogen-bond donors (Lipinski definition) is 2. The average Bonchev–Trinajstić information content (AvgIpc) is 3.27. The summed E-state index contributed by atoms with van der Waals surface area (Å²) >= 11 is 0. The van der Waals surface area contributed by atoms with E-state index < -0.39 is 35.4 Å². The second kappa shape index (κ2) is 18.6. The van der Waals surface area contributed by atoms with E-state index in [0.717, 1.165) is 10.5 Å². The summed E-state index contributed by atoms with van der Waals surface area (Å²) in [6, 6.07) is 7.73. The van der Waals surface area contributed by atoms with Gasteiger partial charge in [-0.15, -0.1) is 0 Å². The van der Waals surface area contributed by atoms with Crippen molar-refractivity contribution in [1.29, 1.82) is 0 Å². The van der Waals surface area contributed by atoms with Gasteiger partial charge in [-0.1, -0.05) is 36.8 Å². The first-order valence-corrected chi connectivity index (χ1v) is 15.2. The van der Waals surface area contributed by atoms with Gasteiger partial charge in [0.1, 0.15) is 24.0 Å². The summed E-state index contributed by atoms with van der Waals surface area (Å²) in [5.41, 5.74) is 0.0389. The second-order valence-corrected chi connectivity index (χ2v) is 12.1. The lowest BCUT2D eigenvalue weighted by molar-refractivity contribution is -0.156. The van der Waals surface area contributed by atoms with Crippen LogP contribution in [0, 0.1) is 5.92 Å². The fourth-order valence-electron chi connectivity index (χ4n) is 4.63. The lowest BCUT2D eigenvalue weighted by atomic mass is 9.96. The number of unbranched alkanes of at least 4 members (excludes halogenated alkanes) is 2. The molecule has 12 heteroatoms. The third-order valence-electron chi connectivity index (χ3n) is 6.79. The molecular formula is C33H44N2O10. The molecule has 2 N–H and O–H groups in total. The van der Waals surface area contributed by atoms with Crippen LogP contribution in [0.5, 0.6) is 0 Å². The van der Waals surface area contributed by atoms with E-state index in [0.29, 0.717) is 19.3 Å². The highest BCUT2D eigenvalue weighted by Gasteiger charge is 2.25. The molecule has 0 saturated heterocycles. The molecule has 0 aromatic heterocycles. The van der Waals surface area contributed by atoms with Gasteiger partial charge >= 0.3 is 11.9 Å². The van der Waals surface area contributed by atoms with Crippen LogP contribution in [-0.4, -0.2) is 82.6 Å². The molecule has 2 rings (SSSR count). The number of esters is 1. The molecule has 0 aliphatic carbocycles. The highest BCUT2D eigenvalue weighted by molar-refractivity contribution is 6.12. The molecule has 45 heavy (non-hydrogen) atoms. The fourth-order valence-corrected chi connectivity index (χ4v) is 4.63. The van der Waals surface area contributed by atoms with Gasteiger partial charge < -0.3 is 19.9 Å². The van der Waals surface area contributed by atoms with E-state index in [-0.39, 0.29) is 81.7 Å². The largest absolute Gasteiger partial charge is 0.480 e. The van der Waals surface area contributed by atoms with Crippen LogP contribution in [0.2, 0.25) is 0 Å². The van der Waals surface area contributed by atoms with Crippen LogP contribution in [0.4, 0.5) is 0 Å². The molecule has 1 aliphatic heterocycles. The molecule has 1 heterocycles. The van der Waals surface area contributed by atoms with Gasteiger partial charge in [-0.3, -0.25) is 33.7 Å².